The number of allylic oxidation sites excluding steroid dienone is 2. The van der Waals surface area contributed by atoms with E-state index in [2.05, 4.69) is 17.2 Å². The highest BCUT2D eigenvalue weighted by molar-refractivity contribution is 7.46. The van der Waals surface area contributed by atoms with Crippen molar-refractivity contribution in [3.8, 4) is 0 Å². The normalized spacial score (nSPS) is 19.8. The number of hydrogen-bond donors (Lipinski definition) is 2. The summed E-state index contributed by atoms with van der Waals surface area (Å²) in [5, 5.41) is 6.01. The number of aldehydes is 1. The highest BCUT2D eigenvalue weighted by Crippen LogP contribution is 2.47. The topological polar surface area (TPSA) is 75.3 Å². The highest BCUT2D eigenvalue weighted by atomic mass is 35.5. The number of halogens is 2. The van der Waals surface area contributed by atoms with Crippen molar-refractivity contribution in [2.45, 2.75) is 25.8 Å². The van der Waals surface area contributed by atoms with Gasteiger partial charge in [0, 0.05) is 5.69 Å². The summed E-state index contributed by atoms with van der Waals surface area (Å²) < 4.78 is 13.6. The third-order valence-corrected chi connectivity index (χ3v) is 6.50. The number of nitrogens with one attached hydrogen (secondary N) is 2. The number of carbonyl (C=O) groups is 3. The molecule has 0 bridgehead atoms. The standard InChI is InChI=1S/C24H23ClFN2O3P/c1-15(2)32-11-5-10-24(14-29)13-16-6-3-4-7-18(16)21(24)28-23(31)22(30)27-17-8-9-19(25)20(26)12-17/h3-9,11-12,14,21,32H,1,10,13H2,2H3,(H,27,30)(H,28,31)/b11-5+/t21-,24-/m0/s1. The molecule has 32 heavy (non-hydrogen) atoms. The molecular weight excluding hydrogens is 450 g/mol. The lowest BCUT2D eigenvalue weighted by atomic mass is 9.79. The molecule has 2 N–H and O–H groups in total. The second-order valence-electron chi connectivity index (χ2n) is 7.75. The van der Waals surface area contributed by atoms with Crippen LogP contribution >= 0.6 is 20.2 Å². The van der Waals surface area contributed by atoms with Gasteiger partial charge in [0.05, 0.1) is 16.5 Å². The smallest absolute Gasteiger partial charge is 0.313 e. The molecule has 0 fully saturated rings. The number of fused-ring (bicyclic) bond motifs is 1. The molecule has 0 saturated carbocycles. The van der Waals surface area contributed by atoms with Crippen molar-refractivity contribution in [2.24, 2.45) is 5.41 Å². The average Bonchev–Trinajstić information content (AvgIpc) is 3.07. The van der Waals surface area contributed by atoms with Crippen molar-refractivity contribution in [1.29, 1.82) is 0 Å². The third kappa shape index (κ3) is 5.32. The lowest BCUT2D eigenvalue weighted by Gasteiger charge is -2.30. The summed E-state index contributed by atoms with van der Waals surface area (Å²) in [4.78, 5) is 37.4. The third-order valence-electron chi connectivity index (χ3n) is 5.30. The Hall–Kier alpha value is -2.82. The Morgan fingerprint density at radius 1 is 1.28 bits per heavy atom. The molecule has 8 heteroatoms. The molecule has 2 aromatic carbocycles. The average molecular weight is 473 g/mol. The Kier molecular flexibility index (Phi) is 7.60. The lowest BCUT2D eigenvalue weighted by Crippen LogP contribution is -2.44. The van der Waals surface area contributed by atoms with Gasteiger partial charge in [-0.1, -0.05) is 68.2 Å². The summed E-state index contributed by atoms with van der Waals surface area (Å²) in [6, 6.07) is 10.5. The summed E-state index contributed by atoms with van der Waals surface area (Å²) in [6.45, 7) is 5.80. The van der Waals surface area contributed by atoms with Crippen LogP contribution < -0.4 is 10.6 Å². The lowest BCUT2D eigenvalue weighted by molar-refractivity contribution is -0.137. The molecule has 0 aromatic heterocycles. The van der Waals surface area contributed by atoms with Gasteiger partial charge in [-0.25, -0.2) is 4.39 Å². The molecule has 0 aliphatic heterocycles. The first-order valence-electron chi connectivity index (χ1n) is 9.94. The van der Waals surface area contributed by atoms with E-state index in [1.807, 2.05) is 43.1 Å². The van der Waals surface area contributed by atoms with E-state index in [1.165, 1.54) is 12.1 Å². The van der Waals surface area contributed by atoms with E-state index < -0.39 is 29.1 Å². The Labute approximate surface area is 192 Å². The maximum atomic E-state index is 13.6. The van der Waals surface area contributed by atoms with Crippen molar-refractivity contribution in [2.75, 3.05) is 5.32 Å². The summed E-state index contributed by atoms with van der Waals surface area (Å²) in [5.74, 6) is -0.620. The quantitative estimate of drug-likeness (QED) is 0.333. The first kappa shape index (κ1) is 23.8. The van der Waals surface area contributed by atoms with Gasteiger partial charge in [0.25, 0.3) is 0 Å². The Morgan fingerprint density at radius 2 is 2.03 bits per heavy atom. The number of anilines is 1. The van der Waals surface area contributed by atoms with E-state index in [9.17, 15) is 18.8 Å². The van der Waals surface area contributed by atoms with Crippen LogP contribution in [0.5, 0.6) is 0 Å². The second kappa shape index (κ2) is 10.2. The zero-order chi connectivity index (χ0) is 23.3. The van der Waals surface area contributed by atoms with Crippen molar-refractivity contribution < 1.29 is 18.8 Å². The number of amides is 2. The van der Waals surface area contributed by atoms with Crippen LogP contribution in [0.15, 0.2) is 66.3 Å². The van der Waals surface area contributed by atoms with Crippen LogP contribution in [0.3, 0.4) is 0 Å². The Morgan fingerprint density at radius 3 is 2.72 bits per heavy atom. The van der Waals surface area contributed by atoms with Gasteiger partial charge in [0.1, 0.15) is 12.1 Å². The number of carbonyl (C=O) groups excluding carboxylic acids is 3. The van der Waals surface area contributed by atoms with Gasteiger partial charge in [0.2, 0.25) is 0 Å². The Bertz CT molecular complexity index is 1100. The maximum Gasteiger partial charge on any atom is 0.313 e. The van der Waals surface area contributed by atoms with Gasteiger partial charge in [-0.3, -0.25) is 9.59 Å². The molecule has 0 heterocycles. The van der Waals surface area contributed by atoms with Crippen LogP contribution in [-0.2, 0) is 20.8 Å². The number of hydrogen-bond acceptors (Lipinski definition) is 3. The van der Waals surface area contributed by atoms with Crippen molar-refractivity contribution in [3.05, 3.63) is 88.2 Å². The Balaban J connectivity index is 1.81. The zero-order valence-electron chi connectivity index (χ0n) is 17.5. The molecule has 0 spiro atoms. The number of benzene rings is 2. The number of rotatable bonds is 7. The predicted octanol–water partition coefficient (Wildman–Crippen LogP) is 5.13. The van der Waals surface area contributed by atoms with E-state index in [0.717, 1.165) is 28.8 Å². The minimum Gasteiger partial charge on any atom is -0.340 e. The van der Waals surface area contributed by atoms with Crippen LogP contribution in [0, 0.1) is 11.2 Å². The van der Waals surface area contributed by atoms with Crippen molar-refractivity contribution >= 4 is 44.0 Å². The SMILES string of the molecule is C=C(C)P/C=C/C[C@@]1(C=O)Cc2ccccc2[C@@H]1NC(=O)C(=O)Nc1ccc(Cl)c(F)c1. The fraction of sp³-hybridized carbons (Fsp3) is 0.208. The van der Waals surface area contributed by atoms with Crippen LogP contribution in [-0.4, -0.2) is 18.1 Å². The van der Waals surface area contributed by atoms with Gasteiger partial charge in [-0.15, -0.1) is 0 Å². The van der Waals surface area contributed by atoms with Crippen LogP contribution in [0.4, 0.5) is 10.1 Å². The van der Waals surface area contributed by atoms with E-state index in [1.54, 1.807) is 0 Å². The highest BCUT2D eigenvalue weighted by Gasteiger charge is 2.46. The molecule has 5 nitrogen and oxygen atoms in total. The molecule has 2 amide bonds. The molecule has 1 aliphatic carbocycles. The van der Waals surface area contributed by atoms with E-state index in [0.29, 0.717) is 21.4 Å². The minimum absolute atomic E-state index is 0.0916. The summed E-state index contributed by atoms with van der Waals surface area (Å²) >= 11 is 5.65. The monoisotopic (exact) mass is 472 g/mol. The first-order valence-corrected chi connectivity index (χ1v) is 11.4. The first-order chi connectivity index (χ1) is 15.3. The van der Waals surface area contributed by atoms with Crippen molar-refractivity contribution in [3.63, 3.8) is 0 Å². The van der Waals surface area contributed by atoms with Crippen LogP contribution in [0.2, 0.25) is 5.02 Å². The summed E-state index contributed by atoms with van der Waals surface area (Å²) in [6.07, 6.45) is 3.63. The maximum absolute atomic E-state index is 13.6. The molecule has 1 unspecified atom stereocenters. The van der Waals surface area contributed by atoms with Crippen molar-refractivity contribution in [1.82, 2.24) is 5.32 Å². The fourth-order valence-corrected chi connectivity index (χ4v) is 4.39. The van der Waals surface area contributed by atoms with E-state index >= 15 is 0 Å². The van der Waals surface area contributed by atoms with E-state index in [4.69, 9.17) is 11.6 Å². The van der Waals surface area contributed by atoms with Gasteiger partial charge in [0.15, 0.2) is 0 Å². The molecule has 3 atom stereocenters. The zero-order valence-corrected chi connectivity index (χ0v) is 19.2. The van der Waals surface area contributed by atoms with Gasteiger partial charge in [-0.2, -0.15) is 0 Å². The molecular formula is C24H23ClFN2O3P. The molecule has 3 rings (SSSR count). The molecule has 1 aliphatic rings. The summed E-state index contributed by atoms with van der Waals surface area (Å²) in [5.41, 5.74) is 0.932. The largest absolute Gasteiger partial charge is 0.340 e. The van der Waals surface area contributed by atoms with Gasteiger partial charge < -0.3 is 15.4 Å². The second-order valence-corrected chi connectivity index (χ2v) is 9.63. The molecule has 2 aromatic rings. The fourth-order valence-electron chi connectivity index (χ4n) is 3.75. The van der Waals surface area contributed by atoms with Crippen LogP contribution in [0.1, 0.15) is 30.5 Å². The predicted molar refractivity (Wildman–Crippen MR) is 126 cm³/mol. The molecule has 0 saturated heterocycles. The summed E-state index contributed by atoms with van der Waals surface area (Å²) in [7, 11) is 0.442. The van der Waals surface area contributed by atoms with Crippen LogP contribution in [0.25, 0.3) is 0 Å². The van der Waals surface area contributed by atoms with Gasteiger partial charge >= 0.3 is 11.8 Å². The van der Waals surface area contributed by atoms with E-state index in [-0.39, 0.29) is 10.7 Å². The van der Waals surface area contributed by atoms with Gasteiger partial charge in [-0.05, 0) is 49.1 Å². The molecule has 0 radical (unpaired) electrons. The minimum atomic E-state index is -0.963. The molecule has 166 valence electrons.